The highest BCUT2D eigenvalue weighted by Gasteiger charge is 2.17. The van der Waals surface area contributed by atoms with Crippen molar-refractivity contribution < 1.29 is 23.1 Å². The first kappa shape index (κ1) is 15.5. The standard InChI is InChI=1S/C13H18O5S/c1-9(2)19(16,17)8-7-18-12-6-4-5-11(10(12)3)13(14)15/h4-6,9H,7-8H2,1-3H3,(H,14,15). The molecule has 0 saturated heterocycles. The maximum absolute atomic E-state index is 11.6. The maximum Gasteiger partial charge on any atom is 0.336 e. The molecule has 0 aliphatic carbocycles. The molecule has 0 aliphatic rings. The molecule has 0 radical (unpaired) electrons. The molecule has 0 fully saturated rings. The van der Waals surface area contributed by atoms with Gasteiger partial charge in [-0.2, -0.15) is 0 Å². The highest BCUT2D eigenvalue weighted by molar-refractivity contribution is 7.91. The van der Waals surface area contributed by atoms with E-state index in [9.17, 15) is 13.2 Å². The van der Waals surface area contributed by atoms with Crippen LogP contribution in [0.3, 0.4) is 0 Å². The van der Waals surface area contributed by atoms with Gasteiger partial charge in [0.15, 0.2) is 9.84 Å². The van der Waals surface area contributed by atoms with Crippen LogP contribution in [0.15, 0.2) is 18.2 Å². The van der Waals surface area contributed by atoms with Gasteiger partial charge in [0.2, 0.25) is 0 Å². The fraction of sp³-hybridized carbons (Fsp3) is 0.462. The van der Waals surface area contributed by atoms with Crippen LogP contribution in [-0.4, -0.2) is 37.1 Å². The van der Waals surface area contributed by atoms with Gasteiger partial charge in [-0.3, -0.25) is 0 Å². The minimum absolute atomic E-state index is 0.0183. The summed E-state index contributed by atoms with van der Waals surface area (Å²) in [6, 6.07) is 4.68. The van der Waals surface area contributed by atoms with Crippen molar-refractivity contribution in [3.05, 3.63) is 29.3 Å². The number of benzene rings is 1. The lowest BCUT2D eigenvalue weighted by atomic mass is 10.1. The average Bonchev–Trinajstić information content (AvgIpc) is 2.30. The third-order valence-corrected chi connectivity index (χ3v) is 5.03. The van der Waals surface area contributed by atoms with Crippen molar-refractivity contribution in [1.29, 1.82) is 0 Å². The first-order valence-corrected chi connectivity index (χ1v) is 7.64. The molecule has 1 N–H and O–H groups in total. The molecule has 0 bridgehead atoms. The van der Waals surface area contributed by atoms with Crippen LogP contribution in [0.2, 0.25) is 0 Å². The summed E-state index contributed by atoms with van der Waals surface area (Å²) in [4.78, 5) is 10.9. The van der Waals surface area contributed by atoms with E-state index in [1.54, 1.807) is 32.9 Å². The van der Waals surface area contributed by atoms with Crippen LogP contribution in [-0.2, 0) is 9.84 Å². The van der Waals surface area contributed by atoms with Gasteiger partial charge < -0.3 is 9.84 Å². The number of sulfone groups is 1. The number of hydrogen-bond acceptors (Lipinski definition) is 4. The molecule has 0 unspecified atom stereocenters. The Bertz CT molecular complexity index is 560. The lowest BCUT2D eigenvalue weighted by molar-refractivity contribution is 0.0695. The topological polar surface area (TPSA) is 80.7 Å². The van der Waals surface area contributed by atoms with Gasteiger partial charge in [0, 0.05) is 5.56 Å². The summed E-state index contributed by atoms with van der Waals surface area (Å²) >= 11 is 0. The van der Waals surface area contributed by atoms with Gasteiger partial charge in [0.1, 0.15) is 12.4 Å². The molecule has 1 aromatic carbocycles. The number of ether oxygens (including phenoxy) is 1. The van der Waals surface area contributed by atoms with Gasteiger partial charge in [-0.25, -0.2) is 13.2 Å². The van der Waals surface area contributed by atoms with Crippen LogP contribution >= 0.6 is 0 Å². The molecule has 0 aromatic heterocycles. The van der Waals surface area contributed by atoms with Gasteiger partial charge in [0.25, 0.3) is 0 Å². The summed E-state index contributed by atoms with van der Waals surface area (Å²) in [6.07, 6.45) is 0. The summed E-state index contributed by atoms with van der Waals surface area (Å²) in [5.74, 6) is -0.710. The second kappa shape index (κ2) is 6.06. The molecule has 0 atom stereocenters. The van der Waals surface area contributed by atoms with Crippen LogP contribution in [0.5, 0.6) is 5.75 Å². The number of rotatable bonds is 6. The quantitative estimate of drug-likeness (QED) is 0.863. The van der Waals surface area contributed by atoms with E-state index in [0.717, 1.165) is 0 Å². The Morgan fingerprint density at radius 3 is 2.53 bits per heavy atom. The van der Waals surface area contributed by atoms with E-state index < -0.39 is 21.1 Å². The summed E-state index contributed by atoms with van der Waals surface area (Å²) in [5.41, 5.74) is 0.654. The van der Waals surface area contributed by atoms with E-state index in [1.807, 2.05) is 0 Å². The van der Waals surface area contributed by atoms with Crippen molar-refractivity contribution in [2.75, 3.05) is 12.4 Å². The molecular weight excluding hydrogens is 268 g/mol. The van der Waals surface area contributed by atoms with Gasteiger partial charge in [0.05, 0.1) is 16.6 Å². The fourth-order valence-electron chi connectivity index (χ4n) is 1.51. The first-order chi connectivity index (χ1) is 8.75. The Balaban J connectivity index is 2.75. The average molecular weight is 286 g/mol. The Labute approximate surface area is 113 Å². The molecule has 1 rings (SSSR count). The van der Waals surface area contributed by atoms with Gasteiger partial charge >= 0.3 is 5.97 Å². The lowest BCUT2D eigenvalue weighted by Crippen LogP contribution is -2.22. The number of carboxylic acids is 1. The maximum atomic E-state index is 11.6. The third kappa shape index (κ3) is 3.96. The zero-order chi connectivity index (χ0) is 14.6. The molecule has 0 spiro atoms. The summed E-state index contributed by atoms with van der Waals surface area (Å²) < 4.78 is 28.6. The molecule has 0 amide bonds. The zero-order valence-corrected chi connectivity index (χ0v) is 12.0. The van der Waals surface area contributed by atoms with Crippen molar-refractivity contribution in [3.63, 3.8) is 0 Å². The van der Waals surface area contributed by atoms with E-state index in [0.29, 0.717) is 11.3 Å². The van der Waals surface area contributed by atoms with Crippen molar-refractivity contribution in [2.24, 2.45) is 0 Å². The molecule has 19 heavy (non-hydrogen) atoms. The van der Waals surface area contributed by atoms with E-state index in [2.05, 4.69) is 0 Å². The molecule has 0 heterocycles. The highest BCUT2D eigenvalue weighted by Crippen LogP contribution is 2.21. The molecule has 5 nitrogen and oxygen atoms in total. The molecule has 0 aliphatic heterocycles. The Kier molecular flexibility index (Phi) is 4.94. The number of aromatic carboxylic acids is 1. The van der Waals surface area contributed by atoms with Crippen molar-refractivity contribution in [3.8, 4) is 5.75 Å². The summed E-state index contributed by atoms with van der Waals surface area (Å²) in [7, 11) is -3.15. The van der Waals surface area contributed by atoms with E-state index in [1.165, 1.54) is 6.07 Å². The van der Waals surface area contributed by atoms with E-state index in [-0.39, 0.29) is 17.9 Å². The minimum atomic E-state index is -3.15. The predicted molar refractivity (Wildman–Crippen MR) is 72.6 cm³/mol. The Morgan fingerprint density at radius 1 is 1.37 bits per heavy atom. The highest BCUT2D eigenvalue weighted by atomic mass is 32.2. The van der Waals surface area contributed by atoms with Crippen LogP contribution in [0, 0.1) is 6.92 Å². The van der Waals surface area contributed by atoms with Crippen LogP contribution < -0.4 is 4.74 Å². The molecular formula is C13H18O5S. The monoisotopic (exact) mass is 286 g/mol. The van der Waals surface area contributed by atoms with Crippen molar-refractivity contribution in [2.45, 2.75) is 26.0 Å². The number of carbonyl (C=O) groups is 1. The van der Waals surface area contributed by atoms with Crippen LogP contribution in [0.25, 0.3) is 0 Å². The van der Waals surface area contributed by atoms with Gasteiger partial charge in [-0.1, -0.05) is 6.07 Å². The number of carboxylic acid groups (broad SMARTS) is 1. The first-order valence-electron chi connectivity index (χ1n) is 5.93. The SMILES string of the molecule is Cc1c(OCCS(=O)(=O)C(C)C)cccc1C(=O)O. The fourth-order valence-corrected chi connectivity index (χ4v) is 2.29. The number of hydrogen-bond donors (Lipinski definition) is 1. The Morgan fingerprint density at radius 2 is 2.00 bits per heavy atom. The van der Waals surface area contributed by atoms with E-state index in [4.69, 9.17) is 9.84 Å². The third-order valence-electron chi connectivity index (χ3n) is 2.86. The summed E-state index contributed by atoms with van der Waals surface area (Å²) in [6.45, 7) is 4.89. The van der Waals surface area contributed by atoms with Gasteiger partial charge in [-0.15, -0.1) is 0 Å². The van der Waals surface area contributed by atoms with Crippen LogP contribution in [0.1, 0.15) is 29.8 Å². The zero-order valence-electron chi connectivity index (χ0n) is 11.2. The molecule has 1 aromatic rings. The largest absolute Gasteiger partial charge is 0.492 e. The van der Waals surface area contributed by atoms with Crippen LogP contribution in [0.4, 0.5) is 0 Å². The van der Waals surface area contributed by atoms with Crippen molar-refractivity contribution in [1.82, 2.24) is 0 Å². The molecule has 106 valence electrons. The molecule has 0 saturated carbocycles. The van der Waals surface area contributed by atoms with Gasteiger partial charge in [-0.05, 0) is 32.9 Å². The second-order valence-electron chi connectivity index (χ2n) is 4.50. The summed E-state index contributed by atoms with van der Waals surface area (Å²) in [5, 5.41) is 8.52. The normalized spacial score (nSPS) is 11.6. The lowest BCUT2D eigenvalue weighted by Gasteiger charge is -2.12. The molecule has 6 heteroatoms. The second-order valence-corrected chi connectivity index (χ2v) is 7.17. The smallest absolute Gasteiger partial charge is 0.336 e. The predicted octanol–water partition coefficient (Wildman–Crippen LogP) is 1.90. The minimum Gasteiger partial charge on any atom is -0.492 e. The van der Waals surface area contributed by atoms with Crippen molar-refractivity contribution >= 4 is 15.8 Å². The van der Waals surface area contributed by atoms with E-state index >= 15 is 0 Å². The Hall–Kier alpha value is -1.56.